The van der Waals surface area contributed by atoms with E-state index < -0.39 is 5.91 Å². The molecule has 10 rings (SSSR count). The Bertz CT molecular complexity index is 3350. The summed E-state index contributed by atoms with van der Waals surface area (Å²) in [5, 5.41) is 42.2. The molecule has 2 aromatic heterocycles. The summed E-state index contributed by atoms with van der Waals surface area (Å²) in [7, 11) is 4.11. The van der Waals surface area contributed by atoms with E-state index in [1.54, 1.807) is 11.0 Å². The minimum absolute atomic E-state index is 0.0375. The van der Waals surface area contributed by atoms with E-state index in [1.807, 2.05) is 50.2 Å². The maximum Gasteiger partial charge on any atom is 0.318 e. The number of primary amides is 1. The fraction of sp³-hybridized carbons (Fsp3) is 0.433. The van der Waals surface area contributed by atoms with Crippen LogP contribution in [-0.4, -0.2) is 182 Å². The summed E-state index contributed by atoms with van der Waals surface area (Å²) in [4.78, 5) is 65.1. The lowest BCUT2D eigenvalue weighted by Gasteiger charge is -2.44. The Kier molecular flexibility index (Phi) is 17.1. The number of hydrogen-bond acceptors (Lipinski definition) is 16. The molecule has 3 amide bonds. The van der Waals surface area contributed by atoms with Crippen molar-refractivity contribution in [3.05, 3.63) is 119 Å². The van der Waals surface area contributed by atoms with Crippen LogP contribution in [-0.2, 0) is 29.1 Å². The smallest absolute Gasteiger partial charge is 0.318 e. The van der Waals surface area contributed by atoms with Crippen LogP contribution in [0.2, 0.25) is 5.02 Å². The quantitative estimate of drug-likeness (QED) is 0.0863. The van der Waals surface area contributed by atoms with Gasteiger partial charge in [-0.05, 0) is 105 Å². The van der Waals surface area contributed by atoms with Gasteiger partial charge in [-0.25, -0.2) is 0 Å². The SMILES string of the molecule is C=CC(=O)N1CCN(c2nc(OCCN3CCN(C(=O)C4CCN(Cc5ccc(-n6c(C(N)=O)nnc6-c6cc(C(C)C)c(O)cc6O)cc5)CC4)CC3CN(C)C)nc3c2CCN(c2cccc4cccc(Cl)c24)C3)CC1CC#N. The van der Waals surface area contributed by atoms with Gasteiger partial charge in [-0.2, -0.15) is 15.2 Å². The second-order valence-electron chi connectivity index (χ2n) is 22.2. The van der Waals surface area contributed by atoms with Crippen molar-refractivity contribution in [3.63, 3.8) is 0 Å². The third-order valence-electron chi connectivity index (χ3n) is 16.3. The summed E-state index contributed by atoms with van der Waals surface area (Å²) in [5.41, 5.74) is 11.2. The molecule has 6 aromatic rings. The molecule has 424 valence electrons. The van der Waals surface area contributed by atoms with E-state index >= 15 is 0 Å². The summed E-state index contributed by atoms with van der Waals surface area (Å²) in [6, 6.07) is 25.1. The van der Waals surface area contributed by atoms with E-state index in [4.69, 9.17) is 32.0 Å². The van der Waals surface area contributed by atoms with Gasteiger partial charge in [0.15, 0.2) is 5.82 Å². The van der Waals surface area contributed by atoms with Crippen molar-refractivity contribution in [1.82, 2.24) is 49.2 Å². The molecule has 20 nitrogen and oxygen atoms in total. The van der Waals surface area contributed by atoms with Crippen LogP contribution >= 0.6 is 11.6 Å². The molecule has 3 fully saturated rings. The molecule has 21 heteroatoms. The first-order chi connectivity index (χ1) is 39.1. The number of aromatic nitrogens is 5. The molecule has 0 bridgehead atoms. The summed E-state index contributed by atoms with van der Waals surface area (Å²) in [6.07, 6.45) is 3.67. The molecule has 4 aliphatic rings. The first-order valence-electron chi connectivity index (χ1n) is 27.9. The van der Waals surface area contributed by atoms with Crippen LogP contribution in [0.3, 0.4) is 0 Å². The van der Waals surface area contributed by atoms with Crippen LogP contribution in [0.15, 0.2) is 85.5 Å². The molecule has 4 aromatic carbocycles. The number of aromatic hydroxyl groups is 2. The van der Waals surface area contributed by atoms with E-state index in [-0.39, 0.29) is 71.3 Å². The number of nitrogens with two attached hydrogens (primary N) is 1. The second kappa shape index (κ2) is 24.5. The van der Waals surface area contributed by atoms with Gasteiger partial charge in [0.25, 0.3) is 5.91 Å². The third-order valence-corrected chi connectivity index (χ3v) is 16.6. The molecule has 3 saturated heterocycles. The number of carbonyl (C=O) groups is 3. The zero-order valence-corrected chi connectivity index (χ0v) is 47.3. The number of nitriles is 1. The fourth-order valence-corrected chi connectivity index (χ4v) is 12.4. The summed E-state index contributed by atoms with van der Waals surface area (Å²) < 4.78 is 8.06. The Morgan fingerprint density at radius 3 is 2.40 bits per heavy atom. The van der Waals surface area contributed by atoms with Crippen LogP contribution in [0, 0.1) is 17.2 Å². The number of benzene rings is 4. The Morgan fingerprint density at radius 1 is 0.914 bits per heavy atom. The average molecular weight is 1120 g/mol. The second-order valence-corrected chi connectivity index (χ2v) is 22.6. The molecular formula is C60H71ClN14O6. The number of carbonyl (C=O) groups excluding carboxylic acids is 3. The zero-order chi connectivity index (χ0) is 57.1. The maximum atomic E-state index is 14.3. The van der Waals surface area contributed by atoms with Gasteiger partial charge in [-0.1, -0.05) is 68.4 Å². The number of piperidine rings is 1. The number of fused-ring (bicyclic) bond motifs is 2. The fourth-order valence-electron chi connectivity index (χ4n) is 12.1. The predicted molar refractivity (Wildman–Crippen MR) is 311 cm³/mol. The van der Waals surface area contributed by atoms with Crippen LogP contribution in [0.5, 0.6) is 17.5 Å². The lowest BCUT2D eigenvalue weighted by atomic mass is 9.94. The van der Waals surface area contributed by atoms with Gasteiger partial charge in [-0.3, -0.25) is 28.8 Å². The van der Waals surface area contributed by atoms with Gasteiger partial charge in [0.1, 0.15) is 23.9 Å². The number of rotatable bonds is 17. The number of piperazine rings is 2. The number of nitrogens with zero attached hydrogens (tertiary/aromatic N) is 13. The van der Waals surface area contributed by atoms with Gasteiger partial charge in [0.2, 0.25) is 17.6 Å². The van der Waals surface area contributed by atoms with Crippen molar-refractivity contribution in [3.8, 4) is 40.7 Å². The van der Waals surface area contributed by atoms with Gasteiger partial charge in [-0.15, -0.1) is 10.2 Å². The minimum atomic E-state index is -0.775. The highest BCUT2D eigenvalue weighted by Gasteiger charge is 2.37. The highest BCUT2D eigenvalue weighted by Crippen LogP contribution is 2.40. The largest absolute Gasteiger partial charge is 0.508 e. The Morgan fingerprint density at radius 2 is 1.68 bits per heavy atom. The van der Waals surface area contributed by atoms with Gasteiger partial charge in [0.05, 0.1) is 41.4 Å². The summed E-state index contributed by atoms with van der Waals surface area (Å²) in [5.74, 6) is -0.221. The summed E-state index contributed by atoms with van der Waals surface area (Å²) >= 11 is 6.83. The van der Waals surface area contributed by atoms with Gasteiger partial charge < -0.3 is 45.2 Å². The van der Waals surface area contributed by atoms with Gasteiger partial charge in [0, 0.05) is 106 Å². The number of likely N-dealkylation sites (N-methyl/N-ethyl adjacent to an activating group) is 1. The summed E-state index contributed by atoms with van der Waals surface area (Å²) in [6.45, 7) is 16.0. The van der Waals surface area contributed by atoms with Crippen molar-refractivity contribution in [2.75, 3.05) is 102 Å². The highest BCUT2D eigenvalue weighted by atomic mass is 35.5. The number of ether oxygens (including phenoxy) is 1. The van der Waals surface area contributed by atoms with Crippen molar-refractivity contribution in [1.29, 1.82) is 5.26 Å². The van der Waals surface area contributed by atoms with Crippen molar-refractivity contribution < 1.29 is 29.3 Å². The van der Waals surface area contributed by atoms with E-state index in [2.05, 4.69) is 90.6 Å². The molecule has 4 N–H and O–H groups in total. The van der Waals surface area contributed by atoms with Crippen LogP contribution in [0.1, 0.15) is 72.0 Å². The number of halogens is 1. The molecule has 2 unspecified atom stereocenters. The van der Waals surface area contributed by atoms with E-state index in [1.165, 1.54) is 16.7 Å². The Hall–Kier alpha value is -7.83. The standard InChI is InChI=1S/C60H71ClN14O6/c1-6-53(78)74-28-27-72(35-43(74)17-21-62)56-45-20-24-71(50-12-8-10-40-9-7-11-48(61)54(40)50)37-49(45)64-60(65-56)81-30-29-70-25-26-73(36-44(70)34-68(4)5)59(80)41-18-22-69(23-19-41)33-39-13-15-42(16-14-39)75-57(66-67-58(75)55(63)79)47-31-46(38(2)3)51(76)32-52(47)77/h6-16,31-32,38,41,43-44,76-77H,1,17-20,22-30,33-37H2,2-5H3,(H2,63,79). The van der Waals surface area contributed by atoms with Crippen LogP contribution in [0.25, 0.3) is 27.8 Å². The zero-order valence-electron chi connectivity index (χ0n) is 46.5. The molecule has 4 aliphatic heterocycles. The first kappa shape index (κ1) is 56.4. The molecule has 0 aliphatic carbocycles. The Labute approximate surface area is 477 Å². The van der Waals surface area contributed by atoms with Crippen molar-refractivity contribution >= 4 is 51.6 Å². The average Bonchev–Trinajstić information content (AvgIpc) is 4.19. The van der Waals surface area contributed by atoms with Crippen LogP contribution in [0.4, 0.5) is 11.5 Å². The highest BCUT2D eigenvalue weighted by molar-refractivity contribution is 6.36. The topological polar surface area (TPSA) is 230 Å². The number of phenols is 2. The molecule has 2 atom stereocenters. The molecule has 0 spiro atoms. The van der Waals surface area contributed by atoms with Gasteiger partial charge >= 0.3 is 6.01 Å². The number of anilines is 2. The molecule has 6 heterocycles. The van der Waals surface area contributed by atoms with Crippen molar-refractivity contribution in [2.45, 2.75) is 70.6 Å². The number of amides is 3. The lowest BCUT2D eigenvalue weighted by Crippen LogP contribution is -2.59. The number of phenolic OH excluding ortho intramolecular Hbond substituents is 2. The van der Waals surface area contributed by atoms with E-state index in [0.29, 0.717) is 93.8 Å². The maximum absolute atomic E-state index is 14.3. The van der Waals surface area contributed by atoms with E-state index in [9.17, 15) is 29.9 Å². The lowest BCUT2D eigenvalue weighted by molar-refractivity contribution is -0.140. The molecule has 0 radical (unpaired) electrons. The normalized spacial score (nSPS) is 18.3. The van der Waals surface area contributed by atoms with E-state index in [0.717, 1.165) is 78.1 Å². The monoisotopic (exact) mass is 1120 g/mol. The molecule has 0 saturated carbocycles. The first-order valence-corrected chi connectivity index (χ1v) is 28.3. The predicted octanol–water partition coefficient (Wildman–Crippen LogP) is 6.21. The molecular weight excluding hydrogens is 1050 g/mol. The Balaban J connectivity index is 0.777. The molecule has 81 heavy (non-hydrogen) atoms. The van der Waals surface area contributed by atoms with Crippen LogP contribution < -0.4 is 20.3 Å². The third kappa shape index (κ3) is 12.1. The number of likely N-dealkylation sites (tertiary alicyclic amines) is 1. The number of hydrogen-bond donors (Lipinski definition) is 3. The minimum Gasteiger partial charge on any atom is -0.508 e. The van der Waals surface area contributed by atoms with Crippen molar-refractivity contribution in [2.24, 2.45) is 11.7 Å².